The first kappa shape index (κ1) is 19.7. The van der Waals surface area contributed by atoms with Crippen molar-refractivity contribution in [3.8, 4) is 16.9 Å². The smallest absolute Gasteiger partial charge is 0.143 e. The van der Waals surface area contributed by atoms with E-state index in [1.807, 2.05) is 51.1 Å². The largest absolute Gasteiger partial charge is 0.494 e. The fourth-order valence-electron chi connectivity index (χ4n) is 3.44. The normalized spacial score (nSPS) is 11.1. The summed E-state index contributed by atoms with van der Waals surface area (Å²) in [6.45, 7) is 8.73. The van der Waals surface area contributed by atoms with E-state index in [0.29, 0.717) is 6.61 Å². The van der Waals surface area contributed by atoms with Crippen LogP contribution in [0.5, 0.6) is 5.75 Å². The maximum atomic E-state index is 6.12. The summed E-state index contributed by atoms with van der Waals surface area (Å²) in [6.07, 6.45) is 0. The molecule has 0 saturated carbocycles. The Morgan fingerprint density at radius 2 is 1.79 bits per heavy atom. The van der Waals surface area contributed by atoms with E-state index >= 15 is 0 Å². The number of hydrogen-bond donors (Lipinski definition) is 1. The van der Waals surface area contributed by atoms with Gasteiger partial charge < -0.3 is 10.1 Å². The zero-order valence-electron chi connectivity index (χ0n) is 16.8. The molecule has 0 aliphatic carbocycles. The van der Waals surface area contributed by atoms with Crippen LogP contribution in [0.25, 0.3) is 21.3 Å². The van der Waals surface area contributed by atoms with E-state index in [1.165, 1.54) is 4.88 Å². The van der Waals surface area contributed by atoms with Crippen molar-refractivity contribution in [2.45, 2.75) is 27.7 Å². The second-order valence-electron chi connectivity index (χ2n) is 6.87. The van der Waals surface area contributed by atoms with Gasteiger partial charge in [0.15, 0.2) is 0 Å². The van der Waals surface area contributed by atoms with Gasteiger partial charge in [0.1, 0.15) is 22.2 Å². The lowest BCUT2D eigenvalue weighted by Crippen LogP contribution is -2.00. The Morgan fingerprint density at radius 1 is 1.03 bits per heavy atom. The molecule has 29 heavy (non-hydrogen) atoms. The number of thiophene rings is 1. The minimum Gasteiger partial charge on any atom is -0.494 e. The molecular formula is C23H22ClN3OS. The van der Waals surface area contributed by atoms with E-state index in [2.05, 4.69) is 24.4 Å². The predicted octanol–water partition coefficient (Wildman–Crippen LogP) is 7.08. The number of ether oxygens (including phenoxy) is 1. The molecular weight excluding hydrogens is 402 g/mol. The first-order valence-corrected chi connectivity index (χ1v) is 10.7. The lowest BCUT2D eigenvalue weighted by Gasteiger charge is -2.12. The van der Waals surface area contributed by atoms with Crippen LogP contribution in [0.2, 0.25) is 5.02 Å². The molecule has 0 saturated heterocycles. The van der Waals surface area contributed by atoms with Gasteiger partial charge in [0, 0.05) is 21.2 Å². The SMILES string of the molecule is CCOc1ccc(-c2c(C)sc3nc(C)nc(Nc4ccc(Cl)cc4C)c23)cc1. The Morgan fingerprint density at radius 3 is 2.48 bits per heavy atom. The molecule has 2 heterocycles. The highest BCUT2D eigenvalue weighted by Crippen LogP contribution is 2.42. The van der Waals surface area contributed by atoms with Crippen molar-refractivity contribution in [3.05, 3.63) is 63.8 Å². The molecule has 0 fully saturated rings. The summed E-state index contributed by atoms with van der Waals surface area (Å²) in [5, 5.41) is 5.27. The maximum absolute atomic E-state index is 6.12. The molecule has 1 N–H and O–H groups in total. The number of nitrogens with one attached hydrogen (secondary N) is 1. The summed E-state index contributed by atoms with van der Waals surface area (Å²) in [5.74, 6) is 2.42. The van der Waals surface area contributed by atoms with Gasteiger partial charge in [-0.1, -0.05) is 23.7 Å². The second-order valence-corrected chi connectivity index (χ2v) is 8.51. The molecule has 0 aliphatic rings. The van der Waals surface area contributed by atoms with Crippen LogP contribution < -0.4 is 10.1 Å². The van der Waals surface area contributed by atoms with Crippen LogP contribution in [0.15, 0.2) is 42.5 Å². The maximum Gasteiger partial charge on any atom is 0.143 e. The monoisotopic (exact) mass is 423 g/mol. The Bertz CT molecular complexity index is 1190. The molecule has 2 aromatic heterocycles. The first-order valence-electron chi connectivity index (χ1n) is 9.50. The summed E-state index contributed by atoms with van der Waals surface area (Å²) < 4.78 is 5.59. The third-order valence-corrected chi connectivity index (χ3v) is 5.97. The van der Waals surface area contributed by atoms with E-state index in [1.54, 1.807) is 11.3 Å². The van der Waals surface area contributed by atoms with E-state index in [-0.39, 0.29) is 0 Å². The third kappa shape index (κ3) is 3.93. The molecule has 6 heteroatoms. The fraction of sp³-hybridized carbons (Fsp3) is 0.217. The van der Waals surface area contributed by atoms with Crippen molar-refractivity contribution in [1.82, 2.24) is 9.97 Å². The zero-order valence-corrected chi connectivity index (χ0v) is 18.4. The van der Waals surface area contributed by atoms with E-state index in [9.17, 15) is 0 Å². The minimum atomic E-state index is 0.654. The lowest BCUT2D eigenvalue weighted by molar-refractivity contribution is 0.340. The van der Waals surface area contributed by atoms with Gasteiger partial charge in [-0.3, -0.25) is 0 Å². The number of anilines is 2. The number of fused-ring (bicyclic) bond motifs is 1. The second kappa shape index (κ2) is 8.01. The predicted molar refractivity (Wildman–Crippen MR) is 123 cm³/mol. The van der Waals surface area contributed by atoms with Crippen LogP contribution in [-0.2, 0) is 0 Å². The Hall–Kier alpha value is -2.63. The average Bonchev–Trinajstić information content (AvgIpc) is 3.00. The molecule has 0 unspecified atom stereocenters. The minimum absolute atomic E-state index is 0.654. The van der Waals surface area contributed by atoms with Crippen LogP contribution in [0.4, 0.5) is 11.5 Å². The molecule has 4 aromatic rings. The Balaban J connectivity index is 1.86. The summed E-state index contributed by atoms with van der Waals surface area (Å²) >= 11 is 7.81. The summed E-state index contributed by atoms with van der Waals surface area (Å²) in [5.41, 5.74) is 4.33. The van der Waals surface area contributed by atoms with E-state index in [4.69, 9.17) is 26.3 Å². The highest BCUT2D eigenvalue weighted by atomic mass is 35.5. The topological polar surface area (TPSA) is 47.0 Å². The van der Waals surface area contributed by atoms with Crippen LogP contribution >= 0.6 is 22.9 Å². The molecule has 0 aliphatic heterocycles. The molecule has 0 amide bonds. The van der Waals surface area contributed by atoms with Crippen LogP contribution in [0.3, 0.4) is 0 Å². The Labute approximate surface area is 179 Å². The number of rotatable bonds is 5. The van der Waals surface area contributed by atoms with Crippen molar-refractivity contribution in [3.63, 3.8) is 0 Å². The molecule has 2 aromatic carbocycles. The van der Waals surface area contributed by atoms with Gasteiger partial charge in [-0.05, 0) is 69.2 Å². The van der Waals surface area contributed by atoms with Gasteiger partial charge in [0.25, 0.3) is 0 Å². The van der Waals surface area contributed by atoms with Gasteiger partial charge in [0.05, 0.1) is 12.0 Å². The molecule has 4 rings (SSSR count). The van der Waals surface area contributed by atoms with Crippen molar-refractivity contribution in [2.24, 2.45) is 0 Å². The quantitative estimate of drug-likeness (QED) is 0.372. The van der Waals surface area contributed by atoms with Gasteiger partial charge in [-0.2, -0.15) is 0 Å². The average molecular weight is 424 g/mol. The molecule has 4 nitrogen and oxygen atoms in total. The molecule has 0 radical (unpaired) electrons. The summed E-state index contributed by atoms with van der Waals surface area (Å²) in [7, 11) is 0. The van der Waals surface area contributed by atoms with Gasteiger partial charge in [-0.15, -0.1) is 11.3 Å². The third-order valence-electron chi connectivity index (χ3n) is 4.73. The number of aryl methyl sites for hydroxylation is 3. The van der Waals surface area contributed by atoms with E-state index < -0.39 is 0 Å². The van der Waals surface area contributed by atoms with Gasteiger partial charge >= 0.3 is 0 Å². The van der Waals surface area contributed by atoms with Crippen molar-refractivity contribution in [2.75, 3.05) is 11.9 Å². The number of benzene rings is 2. The van der Waals surface area contributed by atoms with Crippen molar-refractivity contribution < 1.29 is 4.74 Å². The summed E-state index contributed by atoms with van der Waals surface area (Å²) in [6, 6.07) is 14.0. The summed E-state index contributed by atoms with van der Waals surface area (Å²) in [4.78, 5) is 11.6. The number of hydrogen-bond acceptors (Lipinski definition) is 5. The highest BCUT2D eigenvalue weighted by molar-refractivity contribution is 7.19. The van der Waals surface area contributed by atoms with Crippen LogP contribution in [0.1, 0.15) is 23.2 Å². The Kier molecular flexibility index (Phi) is 5.43. The molecule has 0 spiro atoms. The van der Waals surface area contributed by atoms with Crippen LogP contribution in [-0.4, -0.2) is 16.6 Å². The lowest BCUT2D eigenvalue weighted by atomic mass is 10.0. The van der Waals surface area contributed by atoms with E-state index in [0.717, 1.165) is 55.0 Å². The number of halogens is 1. The first-order chi connectivity index (χ1) is 14.0. The number of nitrogens with zero attached hydrogens (tertiary/aromatic N) is 2. The zero-order chi connectivity index (χ0) is 20.5. The molecule has 0 bridgehead atoms. The van der Waals surface area contributed by atoms with Gasteiger partial charge in [0.2, 0.25) is 0 Å². The standard InChI is InChI=1S/C23H22ClN3OS/c1-5-28-18-9-6-16(7-10-18)20-14(3)29-23-21(20)22(25-15(4)26-23)27-19-11-8-17(24)12-13(19)2/h6-12H,5H2,1-4H3,(H,25,26,27). The number of aromatic nitrogens is 2. The van der Waals surface area contributed by atoms with Crippen LogP contribution in [0, 0.1) is 20.8 Å². The van der Waals surface area contributed by atoms with Crippen molar-refractivity contribution in [1.29, 1.82) is 0 Å². The fourth-order valence-corrected chi connectivity index (χ4v) is 4.75. The van der Waals surface area contributed by atoms with Gasteiger partial charge in [-0.25, -0.2) is 9.97 Å². The highest BCUT2D eigenvalue weighted by Gasteiger charge is 2.18. The molecule has 148 valence electrons. The molecule has 0 atom stereocenters. The van der Waals surface area contributed by atoms with Crippen molar-refractivity contribution >= 4 is 44.7 Å².